The minimum Gasteiger partial charge on any atom is -0.361 e. The molecule has 0 saturated carbocycles. The predicted molar refractivity (Wildman–Crippen MR) is 144 cm³/mol. The van der Waals surface area contributed by atoms with E-state index in [1.165, 1.54) is 16.5 Å². The van der Waals surface area contributed by atoms with Crippen LogP contribution in [0.5, 0.6) is 0 Å². The van der Waals surface area contributed by atoms with Crippen molar-refractivity contribution in [3.63, 3.8) is 0 Å². The van der Waals surface area contributed by atoms with Crippen molar-refractivity contribution in [1.82, 2.24) is 24.4 Å². The lowest BCUT2D eigenvalue weighted by Crippen LogP contribution is -2.44. The fraction of sp³-hybridized carbons (Fsp3) is 0.464. The van der Waals surface area contributed by atoms with Crippen LogP contribution in [0.4, 0.5) is 0 Å². The van der Waals surface area contributed by atoms with Crippen LogP contribution in [0.2, 0.25) is 0 Å². The van der Waals surface area contributed by atoms with Gasteiger partial charge in [-0.1, -0.05) is 25.1 Å². The van der Waals surface area contributed by atoms with Gasteiger partial charge < -0.3 is 9.88 Å². The first-order valence-corrected chi connectivity index (χ1v) is 14.7. The molecule has 8 heteroatoms. The van der Waals surface area contributed by atoms with Crippen LogP contribution < -0.4 is 0 Å². The Morgan fingerprint density at radius 2 is 1.94 bits per heavy atom. The van der Waals surface area contributed by atoms with Gasteiger partial charge in [-0.3, -0.25) is 5.10 Å². The number of sulfonamides is 1. The lowest BCUT2D eigenvalue weighted by atomic mass is 9.84. The summed E-state index contributed by atoms with van der Waals surface area (Å²) in [6.45, 7) is 4.91. The summed E-state index contributed by atoms with van der Waals surface area (Å²) in [5.41, 5.74) is 3.43. The van der Waals surface area contributed by atoms with Crippen molar-refractivity contribution in [3.05, 3.63) is 60.4 Å². The maximum absolute atomic E-state index is 13.5. The van der Waals surface area contributed by atoms with Crippen molar-refractivity contribution in [2.45, 2.75) is 68.3 Å². The molecule has 2 aromatic carbocycles. The molecule has 2 aliphatic rings. The molecule has 4 heterocycles. The molecule has 0 amide bonds. The number of rotatable bonds is 7. The van der Waals surface area contributed by atoms with E-state index in [9.17, 15) is 8.42 Å². The summed E-state index contributed by atoms with van der Waals surface area (Å²) >= 11 is 0. The van der Waals surface area contributed by atoms with Gasteiger partial charge in [0.25, 0.3) is 0 Å². The summed E-state index contributed by atoms with van der Waals surface area (Å²) in [4.78, 5) is 6.43. The highest BCUT2D eigenvalue weighted by Crippen LogP contribution is 2.37. The van der Waals surface area contributed by atoms with E-state index in [-0.39, 0.29) is 6.04 Å². The number of likely N-dealkylation sites (tertiary alicyclic amines) is 1. The molecule has 7 nitrogen and oxygen atoms in total. The number of hydrogen-bond acceptors (Lipinski definition) is 4. The molecule has 2 N–H and O–H groups in total. The molecule has 0 bridgehead atoms. The first-order valence-electron chi connectivity index (χ1n) is 13.3. The van der Waals surface area contributed by atoms with Crippen molar-refractivity contribution in [2.24, 2.45) is 0 Å². The van der Waals surface area contributed by atoms with E-state index < -0.39 is 10.0 Å². The van der Waals surface area contributed by atoms with Crippen molar-refractivity contribution >= 4 is 31.8 Å². The first-order chi connectivity index (χ1) is 17.5. The van der Waals surface area contributed by atoms with Crippen LogP contribution in [0.1, 0.15) is 56.9 Å². The monoisotopic (exact) mass is 505 g/mol. The molecule has 0 unspecified atom stereocenters. The molecular formula is C28H35N5O2S. The lowest BCUT2D eigenvalue weighted by molar-refractivity contribution is 0.122. The second-order valence-corrected chi connectivity index (χ2v) is 12.3. The summed E-state index contributed by atoms with van der Waals surface area (Å²) in [5, 5.41) is 9.20. The first kappa shape index (κ1) is 23.7. The Morgan fingerprint density at radius 1 is 1.06 bits per heavy atom. The van der Waals surface area contributed by atoms with E-state index in [2.05, 4.69) is 57.5 Å². The molecule has 2 saturated heterocycles. The number of nitrogens with zero attached hydrogens (tertiary/aromatic N) is 3. The molecule has 36 heavy (non-hydrogen) atoms. The minimum absolute atomic E-state index is 0.0660. The van der Waals surface area contributed by atoms with Crippen LogP contribution in [-0.2, 0) is 10.0 Å². The Labute approximate surface area is 212 Å². The van der Waals surface area contributed by atoms with E-state index >= 15 is 0 Å². The van der Waals surface area contributed by atoms with Crippen molar-refractivity contribution in [2.75, 3.05) is 19.6 Å². The summed E-state index contributed by atoms with van der Waals surface area (Å²) in [6, 6.07) is 14.5. The Kier molecular flexibility index (Phi) is 6.35. The van der Waals surface area contributed by atoms with Gasteiger partial charge in [0.15, 0.2) is 0 Å². The molecule has 6 rings (SSSR count). The zero-order valence-electron chi connectivity index (χ0n) is 20.9. The molecule has 190 valence electrons. The van der Waals surface area contributed by atoms with Gasteiger partial charge in [0.1, 0.15) is 0 Å². The normalized spacial score (nSPS) is 24.2. The van der Waals surface area contributed by atoms with Crippen LogP contribution in [0, 0.1) is 0 Å². The van der Waals surface area contributed by atoms with Gasteiger partial charge in [0, 0.05) is 41.1 Å². The van der Waals surface area contributed by atoms with Gasteiger partial charge in [-0.15, -0.1) is 0 Å². The Hall–Kier alpha value is -2.68. The predicted octanol–water partition coefficient (Wildman–Crippen LogP) is 5.25. The quantitative estimate of drug-likeness (QED) is 0.359. The molecule has 2 fully saturated rings. The average molecular weight is 506 g/mol. The van der Waals surface area contributed by atoms with Gasteiger partial charge in [-0.05, 0) is 87.4 Å². The fourth-order valence-corrected chi connectivity index (χ4v) is 8.22. The van der Waals surface area contributed by atoms with E-state index in [1.54, 1.807) is 22.6 Å². The van der Waals surface area contributed by atoms with Gasteiger partial charge in [-0.25, -0.2) is 8.42 Å². The molecule has 2 aromatic heterocycles. The van der Waals surface area contributed by atoms with Crippen molar-refractivity contribution in [1.29, 1.82) is 0 Å². The number of benzene rings is 2. The van der Waals surface area contributed by atoms with Crippen LogP contribution in [0.15, 0.2) is 59.8 Å². The number of nitrogens with one attached hydrogen (secondary N) is 2. The zero-order chi connectivity index (χ0) is 24.7. The molecule has 4 aromatic rings. The Bertz CT molecular complexity index is 1460. The van der Waals surface area contributed by atoms with Gasteiger partial charge in [0.2, 0.25) is 10.0 Å². The average Bonchev–Trinajstić information content (AvgIpc) is 3.66. The topological polar surface area (TPSA) is 85.1 Å². The number of aromatic nitrogens is 3. The fourth-order valence-electron chi connectivity index (χ4n) is 6.47. The highest BCUT2D eigenvalue weighted by atomic mass is 32.2. The van der Waals surface area contributed by atoms with E-state index in [1.807, 2.05) is 6.07 Å². The van der Waals surface area contributed by atoms with Crippen LogP contribution >= 0.6 is 0 Å². The van der Waals surface area contributed by atoms with Crippen molar-refractivity contribution in [3.8, 4) is 0 Å². The maximum Gasteiger partial charge on any atom is 0.243 e. The van der Waals surface area contributed by atoms with E-state index in [0.717, 1.165) is 62.5 Å². The smallest absolute Gasteiger partial charge is 0.243 e. The van der Waals surface area contributed by atoms with Gasteiger partial charge >= 0.3 is 0 Å². The second-order valence-electron chi connectivity index (χ2n) is 10.4. The number of aromatic amines is 2. The van der Waals surface area contributed by atoms with Gasteiger partial charge in [-0.2, -0.15) is 9.40 Å². The van der Waals surface area contributed by atoms with Crippen LogP contribution in [-0.4, -0.2) is 64.5 Å². The summed E-state index contributed by atoms with van der Waals surface area (Å²) in [7, 11) is -3.52. The van der Waals surface area contributed by atoms with Crippen molar-refractivity contribution < 1.29 is 8.42 Å². The number of hydrogen-bond donors (Lipinski definition) is 2. The Morgan fingerprint density at radius 3 is 2.83 bits per heavy atom. The summed E-state index contributed by atoms with van der Waals surface area (Å²) < 4.78 is 28.8. The third kappa shape index (κ3) is 4.25. The molecule has 0 radical (unpaired) electrons. The number of para-hydroxylation sites is 1. The molecule has 3 atom stereocenters. The highest BCUT2D eigenvalue weighted by molar-refractivity contribution is 7.89. The number of fused-ring (bicyclic) bond motifs is 2. The summed E-state index contributed by atoms with van der Waals surface area (Å²) in [5.74, 6) is 0.572. The lowest BCUT2D eigenvalue weighted by Gasteiger charge is -2.40. The van der Waals surface area contributed by atoms with Crippen LogP contribution in [0.25, 0.3) is 21.8 Å². The number of H-pyrrole nitrogens is 2. The zero-order valence-corrected chi connectivity index (χ0v) is 21.7. The SMILES string of the molecule is CC[C@@H]1C[C@@H](c2c[nH]c3ccccc23)CCN1CC[C@H]1CCCN1S(=O)(=O)c1ccc2cn[nH]c2c1. The highest BCUT2D eigenvalue weighted by Gasteiger charge is 2.36. The molecular weight excluding hydrogens is 470 g/mol. The summed E-state index contributed by atoms with van der Waals surface area (Å²) in [6.07, 6.45) is 10.1. The Balaban J connectivity index is 1.13. The largest absolute Gasteiger partial charge is 0.361 e. The number of piperidine rings is 1. The molecule has 0 spiro atoms. The maximum atomic E-state index is 13.5. The second kappa shape index (κ2) is 9.65. The van der Waals surface area contributed by atoms with Gasteiger partial charge in [0.05, 0.1) is 16.6 Å². The third-order valence-electron chi connectivity index (χ3n) is 8.46. The molecule has 0 aliphatic carbocycles. The van der Waals surface area contributed by atoms with E-state index in [0.29, 0.717) is 23.4 Å². The molecule has 2 aliphatic heterocycles. The third-order valence-corrected chi connectivity index (χ3v) is 10.4. The van der Waals surface area contributed by atoms with E-state index in [4.69, 9.17) is 0 Å². The minimum atomic E-state index is -3.52. The van der Waals surface area contributed by atoms with Crippen LogP contribution in [0.3, 0.4) is 0 Å². The standard InChI is InChI=1S/C28H35N5O2S/c1-2-22-16-20(26-19-29-27-8-4-3-7-25(26)27)11-14-32(22)15-12-23-6-5-13-33(23)36(34,35)24-10-9-21-18-30-31-28(21)17-24/h3-4,7-10,17-20,22-23,29H,2,5-6,11-16H2,1H3,(H,30,31)/t20-,22+,23+/m0/s1.